The van der Waals surface area contributed by atoms with E-state index in [9.17, 15) is 0 Å². The van der Waals surface area contributed by atoms with Gasteiger partial charge in [0.2, 0.25) is 0 Å². The molecule has 0 spiro atoms. The van der Waals surface area contributed by atoms with Crippen LogP contribution in [0.2, 0.25) is 0 Å². The number of fused-ring (bicyclic) bond motifs is 1. The van der Waals surface area contributed by atoms with E-state index in [0.717, 1.165) is 22.0 Å². The van der Waals surface area contributed by atoms with Crippen molar-refractivity contribution < 1.29 is 10.0 Å². The fraction of sp³-hybridized carbons (Fsp3) is 0. The Kier molecular flexibility index (Phi) is 3.03. The molecule has 3 aromatic rings. The molecule has 1 aromatic heterocycles. The molecular formula is C15H12BNO2. The van der Waals surface area contributed by atoms with Crippen LogP contribution in [0.4, 0.5) is 0 Å². The first-order valence-corrected chi connectivity index (χ1v) is 6.05. The van der Waals surface area contributed by atoms with Gasteiger partial charge in [0.05, 0.1) is 5.52 Å². The van der Waals surface area contributed by atoms with Crippen molar-refractivity contribution in [3.63, 3.8) is 0 Å². The van der Waals surface area contributed by atoms with E-state index in [1.54, 1.807) is 12.1 Å². The highest BCUT2D eigenvalue weighted by molar-refractivity contribution is 6.58. The number of rotatable bonds is 2. The zero-order valence-electron chi connectivity index (χ0n) is 10.2. The van der Waals surface area contributed by atoms with Gasteiger partial charge in [-0.05, 0) is 23.2 Å². The van der Waals surface area contributed by atoms with E-state index in [2.05, 4.69) is 11.1 Å². The summed E-state index contributed by atoms with van der Waals surface area (Å²) in [6, 6.07) is 17.2. The summed E-state index contributed by atoms with van der Waals surface area (Å²) >= 11 is 0. The van der Waals surface area contributed by atoms with Crippen LogP contribution in [0.1, 0.15) is 0 Å². The van der Waals surface area contributed by atoms with E-state index < -0.39 is 7.12 Å². The Morgan fingerprint density at radius 1 is 0.842 bits per heavy atom. The van der Waals surface area contributed by atoms with Crippen LogP contribution in [0.15, 0.2) is 60.8 Å². The van der Waals surface area contributed by atoms with E-state index in [1.807, 2.05) is 42.6 Å². The summed E-state index contributed by atoms with van der Waals surface area (Å²) in [5.74, 6) is 0. The minimum absolute atomic E-state index is 0.484. The number of nitrogens with zero attached hydrogens (tertiary/aromatic N) is 1. The van der Waals surface area contributed by atoms with E-state index in [0.29, 0.717) is 5.46 Å². The molecule has 0 aliphatic rings. The van der Waals surface area contributed by atoms with Crippen LogP contribution in [0, 0.1) is 0 Å². The zero-order chi connectivity index (χ0) is 13.2. The number of aromatic nitrogens is 1. The molecule has 3 rings (SSSR count). The molecule has 0 aliphatic carbocycles. The molecule has 0 unspecified atom stereocenters. The van der Waals surface area contributed by atoms with Crippen molar-refractivity contribution in [2.75, 3.05) is 0 Å². The molecule has 0 atom stereocenters. The van der Waals surface area contributed by atoms with E-state index in [1.165, 1.54) is 0 Å². The first kappa shape index (κ1) is 11.9. The normalized spacial score (nSPS) is 10.6. The maximum absolute atomic E-state index is 9.07. The predicted octanol–water partition coefficient (Wildman–Crippen LogP) is 1.58. The van der Waals surface area contributed by atoms with E-state index in [-0.39, 0.29) is 0 Å². The molecule has 0 saturated heterocycles. The third kappa shape index (κ3) is 2.36. The topological polar surface area (TPSA) is 53.4 Å². The number of para-hydroxylation sites is 1. The Labute approximate surface area is 111 Å². The lowest BCUT2D eigenvalue weighted by molar-refractivity contribution is 0.426. The Morgan fingerprint density at radius 2 is 1.58 bits per heavy atom. The van der Waals surface area contributed by atoms with Gasteiger partial charge in [-0.1, -0.05) is 42.5 Å². The standard InChI is InChI=1S/C15H12BNO2/c18-16(19)14-7-5-11(6-8-14)13-9-12-3-1-2-4-15(12)17-10-13/h1-10,18-19H. The Bertz CT molecular complexity index is 711. The molecular weight excluding hydrogens is 237 g/mol. The average molecular weight is 249 g/mol. The van der Waals surface area contributed by atoms with Crippen LogP contribution >= 0.6 is 0 Å². The molecule has 1 heterocycles. The van der Waals surface area contributed by atoms with Crippen molar-refractivity contribution >= 4 is 23.5 Å². The molecule has 0 amide bonds. The maximum atomic E-state index is 9.07. The summed E-state index contributed by atoms with van der Waals surface area (Å²) in [4.78, 5) is 4.42. The van der Waals surface area contributed by atoms with Gasteiger partial charge in [0.1, 0.15) is 0 Å². The lowest BCUT2D eigenvalue weighted by atomic mass is 9.80. The predicted molar refractivity (Wildman–Crippen MR) is 77.0 cm³/mol. The summed E-state index contributed by atoms with van der Waals surface area (Å²) in [6.07, 6.45) is 1.83. The van der Waals surface area contributed by atoms with Crippen LogP contribution in [-0.4, -0.2) is 22.2 Å². The second-order valence-electron chi connectivity index (χ2n) is 4.41. The lowest BCUT2D eigenvalue weighted by Gasteiger charge is -2.05. The smallest absolute Gasteiger partial charge is 0.423 e. The van der Waals surface area contributed by atoms with Crippen LogP contribution in [0.25, 0.3) is 22.0 Å². The molecule has 3 nitrogen and oxygen atoms in total. The van der Waals surface area contributed by atoms with E-state index in [4.69, 9.17) is 10.0 Å². The van der Waals surface area contributed by atoms with Gasteiger partial charge in [-0.25, -0.2) is 0 Å². The summed E-state index contributed by atoms with van der Waals surface area (Å²) in [6.45, 7) is 0. The number of benzene rings is 2. The zero-order valence-corrected chi connectivity index (χ0v) is 10.2. The summed E-state index contributed by atoms with van der Waals surface area (Å²) in [7, 11) is -1.43. The molecule has 0 bridgehead atoms. The highest BCUT2D eigenvalue weighted by atomic mass is 16.4. The quantitative estimate of drug-likeness (QED) is 0.678. The Hall–Kier alpha value is -2.17. The lowest BCUT2D eigenvalue weighted by Crippen LogP contribution is -2.29. The second-order valence-corrected chi connectivity index (χ2v) is 4.41. The summed E-state index contributed by atoms with van der Waals surface area (Å²) in [5, 5.41) is 19.2. The van der Waals surface area contributed by atoms with Crippen LogP contribution in [0.3, 0.4) is 0 Å². The maximum Gasteiger partial charge on any atom is 0.488 e. The van der Waals surface area contributed by atoms with Gasteiger partial charge in [0, 0.05) is 17.1 Å². The van der Waals surface area contributed by atoms with Crippen LogP contribution < -0.4 is 5.46 Å². The Morgan fingerprint density at radius 3 is 2.32 bits per heavy atom. The van der Waals surface area contributed by atoms with Crippen molar-refractivity contribution in [2.45, 2.75) is 0 Å². The van der Waals surface area contributed by atoms with Crippen molar-refractivity contribution in [3.8, 4) is 11.1 Å². The van der Waals surface area contributed by atoms with Crippen molar-refractivity contribution in [2.24, 2.45) is 0 Å². The summed E-state index contributed by atoms with van der Waals surface area (Å²) in [5.41, 5.74) is 3.46. The van der Waals surface area contributed by atoms with Crippen molar-refractivity contribution in [3.05, 3.63) is 60.8 Å². The largest absolute Gasteiger partial charge is 0.488 e. The SMILES string of the molecule is OB(O)c1ccc(-c2cnc3ccccc3c2)cc1. The van der Waals surface area contributed by atoms with Gasteiger partial charge in [0.25, 0.3) is 0 Å². The third-order valence-electron chi connectivity index (χ3n) is 3.13. The molecule has 19 heavy (non-hydrogen) atoms. The highest BCUT2D eigenvalue weighted by Crippen LogP contribution is 2.21. The number of hydrogen-bond donors (Lipinski definition) is 2. The molecule has 4 heteroatoms. The first-order valence-electron chi connectivity index (χ1n) is 6.05. The van der Waals surface area contributed by atoms with Crippen LogP contribution in [-0.2, 0) is 0 Å². The van der Waals surface area contributed by atoms with Crippen LogP contribution in [0.5, 0.6) is 0 Å². The van der Waals surface area contributed by atoms with Gasteiger partial charge < -0.3 is 10.0 Å². The van der Waals surface area contributed by atoms with Gasteiger partial charge in [-0.3, -0.25) is 4.98 Å². The molecule has 92 valence electrons. The molecule has 0 radical (unpaired) electrons. The van der Waals surface area contributed by atoms with Gasteiger partial charge >= 0.3 is 7.12 Å². The third-order valence-corrected chi connectivity index (χ3v) is 3.13. The monoisotopic (exact) mass is 249 g/mol. The van der Waals surface area contributed by atoms with Crippen molar-refractivity contribution in [1.82, 2.24) is 4.98 Å². The number of hydrogen-bond acceptors (Lipinski definition) is 3. The minimum Gasteiger partial charge on any atom is -0.423 e. The molecule has 0 aliphatic heterocycles. The van der Waals surface area contributed by atoms with Gasteiger partial charge in [0.15, 0.2) is 0 Å². The first-order chi connectivity index (χ1) is 9.24. The van der Waals surface area contributed by atoms with E-state index >= 15 is 0 Å². The van der Waals surface area contributed by atoms with Gasteiger partial charge in [-0.2, -0.15) is 0 Å². The highest BCUT2D eigenvalue weighted by Gasteiger charge is 2.10. The van der Waals surface area contributed by atoms with Crippen molar-refractivity contribution in [1.29, 1.82) is 0 Å². The minimum atomic E-state index is -1.43. The second kappa shape index (κ2) is 4.84. The molecule has 0 fully saturated rings. The molecule has 2 N–H and O–H groups in total. The fourth-order valence-electron chi connectivity index (χ4n) is 2.08. The van der Waals surface area contributed by atoms with Gasteiger partial charge in [-0.15, -0.1) is 0 Å². The molecule has 0 saturated carbocycles. The number of pyridine rings is 1. The fourth-order valence-corrected chi connectivity index (χ4v) is 2.08. The average Bonchev–Trinajstić information content (AvgIpc) is 2.47. The Balaban J connectivity index is 2.03. The molecule has 2 aromatic carbocycles. The summed E-state index contributed by atoms with van der Waals surface area (Å²) < 4.78 is 0.